The molecule has 0 aromatic carbocycles. The molecule has 1 aromatic heterocycles. The molecule has 0 spiro atoms. The lowest BCUT2D eigenvalue weighted by atomic mass is 10.0. The van der Waals surface area contributed by atoms with Gasteiger partial charge in [-0.3, -0.25) is 14.4 Å². The summed E-state index contributed by atoms with van der Waals surface area (Å²) in [5, 5.41) is 2.90. The number of nitrogens with one attached hydrogen (secondary N) is 2. The molecule has 0 aliphatic carbocycles. The fourth-order valence-electron chi connectivity index (χ4n) is 3.19. The minimum atomic E-state index is -0.349. The van der Waals surface area contributed by atoms with E-state index in [1.165, 1.54) is 6.07 Å². The quantitative estimate of drug-likeness (QED) is 0.799. The first-order valence-corrected chi connectivity index (χ1v) is 8.28. The van der Waals surface area contributed by atoms with Gasteiger partial charge in [-0.2, -0.15) is 0 Å². The van der Waals surface area contributed by atoms with Crippen molar-refractivity contribution in [2.75, 3.05) is 26.3 Å². The number of likely N-dealkylation sites (tertiary alicyclic amines) is 1. The van der Waals surface area contributed by atoms with Gasteiger partial charge in [0.25, 0.3) is 11.5 Å². The Morgan fingerprint density at radius 1 is 1.33 bits per heavy atom. The number of piperidine rings is 1. The van der Waals surface area contributed by atoms with Crippen LogP contribution in [0.4, 0.5) is 0 Å². The van der Waals surface area contributed by atoms with E-state index in [0.717, 1.165) is 6.42 Å². The molecule has 2 amide bonds. The van der Waals surface area contributed by atoms with Crippen molar-refractivity contribution >= 4 is 11.8 Å². The number of aryl methyl sites for hydroxylation is 1. The minimum absolute atomic E-state index is 0.0113. The summed E-state index contributed by atoms with van der Waals surface area (Å²) in [7, 11) is 0. The number of hydrogen-bond donors (Lipinski definition) is 2. The molecule has 1 atom stereocenters. The van der Waals surface area contributed by atoms with Crippen LogP contribution in [0.2, 0.25) is 0 Å². The van der Waals surface area contributed by atoms with E-state index in [1.54, 1.807) is 6.92 Å². The van der Waals surface area contributed by atoms with Crippen LogP contribution < -0.4 is 10.9 Å². The zero-order chi connectivity index (χ0) is 17.1. The van der Waals surface area contributed by atoms with Crippen LogP contribution in [-0.4, -0.2) is 59.0 Å². The van der Waals surface area contributed by atoms with Gasteiger partial charge in [0, 0.05) is 31.8 Å². The van der Waals surface area contributed by atoms with Crippen LogP contribution in [-0.2, 0) is 9.53 Å². The van der Waals surface area contributed by atoms with Crippen molar-refractivity contribution in [2.45, 2.75) is 32.2 Å². The number of H-pyrrole nitrogens is 1. The lowest BCUT2D eigenvalue weighted by molar-refractivity contribution is -0.136. The highest BCUT2D eigenvalue weighted by atomic mass is 16.5. The van der Waals surface area contributed by atoms with Gasteiger partial charge in [0.2, 0.25) is 5.91 Å². The van der Waals surface area contributed by atoms with Gasteiger partial charge >= 0.3 is 0 Å². The first-order chi connectivity index (χ1) is 11.5. The Morgan fingerprint density at radius 2 is 2.08 bits per heavy atom. The SMILES string of the molecule is Cc1nc(C(=O)NC2CCN(C(=O)[C@@H]3CCOC3)CC2)cc(=O)[nH]1. The first-order valence-electron chi connectivity index (χ1n) is 8.28. The molecule has 2 saturated heterocycles. The zero-order valence-corrected chi connectivity index (χ0v) is 13.7. The number of hydrogen-bond acceptors (Lipinski definition) is 5. The molecule has 8 nitrogen and oxygen atoms in total. The van der Waals surface area contributed by atoms with E-state index < -0.39 is 0 Å². The van der Waals surface area contributed by atoms with Crippen molar-refractivity contribution in [3.63, 3.8) is 0 Å². The number of carbonyl (C=O) groups is 2. The number of rotatable bonds is 3. The highest BCUT2D eigenvalue weighted by Crippen LogP contribution is 2.19. The van der Waals surface area contributed by atoms with E-state index in [-0.39, 0.29) is 35.0 Å². The average Bonchev–Trinajstić information content (AvgIpc) is 3.08. The first kappa shape index (κ1) is 16.6. The molecule has 2 aliphatic heterocycles. The number of aromatic nitrogens is 2. The van der Waals surface area contributed by atoms with Gasteiger partial charge in [0.15, 0.2) is 0 Å². The van der Waals surface area contributed by atoms with E-state index in [0.29, 0.717) is 45.0 Å². The van der Waals surface area contributed by atoms with Crippen LogP contribution in [0.3, 0.4) is 0 Å². The number of ether oxygens (including phenoxy) is 1. The summed E-state index contributed by atoms with van der Waals surface area (Å²) in [6, 6.07) is 1.18. The Bertz CT molecular complexity index is 673. The van der Waals surface area contributed by atoms with Crippen molar-refractivity contribution in [2.24, 2.45) is 5.92 Å². The minimum Gasteiger partial charge on any atom is -0.381 e. The fraction of sp³-hybridized carbons (Fsp3) is 0.625. The van der Waals surface area contributed by atoms with Gasteiger partial charge < -0.3 is 19.9 Å². The summed E-state index contributed by atoms with van der Waals surface area (Å²) in [5.74, 6) is 0.202. The van der Waals surface area contributed by atoms with E-state index >= 15 is 0 Å². The van der Waals surface area contributed by atoms with Gasteiger partial charge in [-0.15, -0.1) is 0 Å². The number of amides is 2. The molecule has 130 valence electrons. The Balaban J connectivity index is 1.52. The Hall–Kier alpha value is -2.22. The average molecular weight is 334 g/mol. The summed E-state index contributed by atoms with van der Waals surface area (Å²) in [5.41, 5.74) is -0.218. The molecule has 3 rings (SSSR count). The van der Waals surface area contributed by atoms with Gasteiger partial charge in [-0.1, -0.05) is 0 Å². The topological polar surface area (TPSA) is 104 Å². The third kappa shape index (κ3) is 3.81. The molecule has 0 unspecified atom stereocenters. The zero-order valence-electron chi connectivity index (χ0n) is 13.7. The molecular formula is C16H22N4O4. The smallest absolute Gasteiger partial charge is 0.270 e. The molecule has 2 N–H and O–H groups in total. The monoisotopic (exact) mass is 334 g/mol. The standard InChI is InChI=1S/C16H22N4O4/c1-10-17-13(8-14(21)18-10)15(22)19-12-2-5-20(6-3-12)16(23)11-4-7-24-9-11/h8,11-12H,2-7,9H2,1H3,(H,19,22)(H,17,18,21)/t11-/m1/s1. The number of aromatic amines is 1. The van der Waals surface area contributed by atoms with Crippen molar-refractivity contribution < 1.29 is 14.3 Å². The number of nitrogens with zero attached hydrogens (tertiary/aromatic N) is 2. The van der Waals surface area contributed by atoms with Crippen LogP contribution in [0.5, 0.6) is 0 Å². The van der Waals surface area contributed by atoms with Crippen molar-refractivity contribution in [3.8, 4) is 0 Å². The van der Waals surface area contributed by atoms with Gasteiger partial charge in [0.1, 0.15) is 11.5 Å². The summed E-state index contributed by atoms with van der Waals surface area (Å²) in [4.78, 5) is 44.4. The highest BCUT2D eigenvalue weighted by molar-refractivity contribution is 5.92. The molecule has 0 bridgehead atoms. The van der Waals surface area contributed by atoms with E-state index in [4.69, 9.17) is 4.74 Å². The van der Waals surface area contributed by atoms with Crippen LogP contribution in [0.25, 0.3) is 0 Å². The van der Waals surface area contributed by atoms with Gasteiger partial charge in [0.05, 0.1) is 12.5 Å². The van der Waals surface area contributed by atoms with Crippen LogP contribution >= 0.6 is 0 Å². The summed E-state index contributed by atoms with van der Waals surface area (Å²) in [6.45, 7) is 4.06. The molecule has 3 heterocycles. The molecule has 0 saturated carbocycles. The van der Waals surface area contributed by atoms with Gasteiger partial charge in [-0.25, -0.2) is 4.98 Å². The second-order valence-electron chi connectivity index (χ2n) is 6.35. The Kier molecular flexibility index (Phi) is 4.94. The molecule has 24 heavy (non-hydrogen) atoms. The molecular weight excluding hydrogens is 312 g/mol. The normalized spacial score (nSPS) is 21.7. The Morgan fingerprint density at radius 3 is 2.71 bits per heavy atom. The van der Waals surface area contributed by atoms with Crippen molar-refractivity contribution in [1.82, 2.24) is 20.2 Å². The second kappa shape index (κ2) is 7.12. The largest absolute Gasteiger partial charge is 0.381 e. The molecule has 1 aromatic rings. The lowest BCUT2D eigenvalue weighted by Crippen LogP contribution is -2.48. The number of carbonyl (C=O) groups excluding carboxylic acids is 2. The Labute approximate surface area is 139 Å². The maximum absolute atomic E-state index is 12.3. The maximum Gasteiger partial charge on any atom is 0.270 e. The lowest BCUT2D eigenvalue weighted by Gasteiger charge is -2.33. The predicted molar refractivity (Wildman–Crippen MR) is 85.6 cm³/mol. The highest BCUT2D eigenvalue weighted by Gasteiger charge is 2.31. The fourth-order valence-corrected chi connectivity index (χ4v) is 3.19. The van der Waals surface area contributed by atoms with Crippen molar-refractivity contribution in [1.29, 1.82) is 0 Å². The predicted octanol–water partition coefficient (Wildman–Crippen LogP) is -0.164. The maximum atomic E-state index is 12.3. The third-order valence-electron chi connectivity index (χ3n) is 4.51. The summed E-state index contributed by atoms with van der Waals surface area (Å²) < 4.78 is 5.27. The molecule has 8 heteroatoms. The summed E-state index contributed by atoms with van der Waals surface area (Å²) in [6.07, 6.45) is 2.20. The third-order valence-corrected chi connectivity index (χ3v) is 4.51. The van der Waals surface area contributed by atoms with Crippen LogP contribution in [0.15, 0.2) is 10.9 Å². The summed E-state index contributed by atoms with van der Waals surface area (Å²) >= 11 is 0. The molecule has 2 aliphatic rings. The van der Waals surface area contributed by atoms with Gasteiger partial charge in [-0.05, 0) is 26.2 Å². The molecule has 2 fully saturated rings. The van der Waals surface area contributed by atoms with Crippen LogP contribution in [0, 0.1) is 12.8 Å². The van der Waals surface area contributed by atoms with E-state index in [1.807, 2.05) is 4.90 Å². The van der Waals surface area contributed by atoms with Crippen molar-refractivity contribution in [3.05, 3.63) is 27.9 Å². The van der Waals surface area contributed by atoms with E-state index in [9.17, 15) is 14.4 Å². The molecule has 0 radical (unpaired) electrons. The van der Waals surface area contributed by atoms with E-state index in [2.05, 4.69) is 15.3 Å². The second-order valence-corrected chi connectivity index (χ2v) is 6.35. The van der Waals surface area contributed by atoms with Crippen LogP contribution in [0.1, 0.15) is 35.6 Å².